The van der Waals surface area contributed by atoms with Crippen LogP contribution in [-0.2, 0) is 0 Å². The van der Waals surface area contributed by atoms with Gasteiger partial charge in [0.1, 0.15) is 13.2 Å². The molecule has 2 unspecified atom stereocenters. The van der Waals surface area contributed by atoms with E-state index in [9.17, 15) is 8.78 Å². The monoisotopic (exact) mass is 307 g/mol. The molecule has 0 radical (unpaired) electrons. The fourth-order valence-corrected chi connectivity index (χ4v) is 3.12. The summed E-state index contributed by atoms with van der Waals surface area (Å²) in [6, 6.07) is 8.01. The Hall–Kier alpha value is -1.55. The lowest BCUT2D eigenvalue weighted by atomic mass is 9.82. The maximum Gasteiger partial charge on any atom is 0.285 e. The minimum absolute atomic E-state index is 0.0599. The van der Waals surface area contributed by atoms with Crippen molar-refractivity contribution in [1.82, 2.24) is 4.59 Å². The van der Waals surface area contributed by atoms with Crippen LogP contribution >= 0.6 is 0 Å². The van der Waals surface area contributed by atoms with Gasteiger partial charge in [0.2, 0.25) is 0 Å². The second kappa shape index (κ2) is 5.92. The number of quaternary nitrogens is 1. The molecule has 1 aromatic rings. The Bertz CT molecular complexity index is 599. The van der Waals surface area contributed by atoms with Crippen LogP contribution in [0.5, 0.6) is 0 Å². The molecule has 0 amide bonds. The van der Waals surface area contributed by atoms with E-state index in [1.807, 2.05) is 25.2 Å². The van der Waals surface area contributed by atoms with E-state index in [0.29, 0.717) is 5.92 Å². The average molecular weight is 307 g/mol. The molecule has 2 rings (SSSR count). The molecular weight excluding hydrogens is 282 g/mol. The Labute approximate surface area is 131 Å². The lowest BCUT2D eigenvalue weighted by Crippen LogP contribution is -2.32. The number of rotatable bonds is 4. The molecule has 0 aromatic heterocycles. The van der Waals surface area contributed by atoms with Crippen molar-refractivity contribution in [3.8, 4) is 0 Å². The van der Waals surface area contributed by atoms with Gasteiger partial charge in [-0.25, -0.2) is 8.78 Å². The van der Waals surface area contributed by atoms with Crippen molar-refractivity contribution in [3.05, 3.63) is 42.1 Å². The zero-order valence-corrected chi connectivity index (χ0v) is 14.0. The second-order valence-corrected chi connectivity index (χ2v) is 7.39. The molecule has 1 aromatic carbocycles. The number of allylic oxidation sites excluding steroid dienone is 1. The van der Waals surface area contributed by atoms with Crippen LogP contribution in [0.25, 0.3) is 0 Å². The number of alkyl halides is 2. The SMILES string of the molecule is CC(CC(C)(C)C)c1ccccc1[N+]1(C)C=CC(C(F)F)=N1. The highest BCUT2D eigenvalue weighted by molar-refractivity contribution is 5.99. The molecule has 0 N–H and O–H groups in total. The third kappa shape index (κ3) is 3.61. The fraction of sp³-hybridized carbons (Fsp3) is 0.500. The first-order chi connectivity index (χ1) is 10.1. The largest absolute Gasteiger partial charge is 0.285 e. The van der Waals surface area contributed by atoms with Crippen LogP contribution in [0.15, 0.2) is 41.6 Å². The van der Waals surface area contributed by atoms with Crippen molar-refractivity contribution >= 4 is 11.4 Å². The topological polar surface area (TPSA) is 12.4 Å². The van der Waals surface area contributed by atoms with Crippen LogP contribution in [0.2, 0.25) is 0 Å². The molecule has 120 valence electrons. The van der Waals surface area contributed by atoms with Crippen LogP contribution in [0.4, 0.5) is 14.5 Å². The number of benzene rings is 1. The van der Waals surface area contributed by atoms with Crippen LogP contribution in [-0.4, -0.2) is 19.2 Å². The van der Waals surface area contributed by atoms with E-state index in [4.69, 9.17) is 0 Å². The summed E-state index contributed by atoms with van der Waals surface area (Å²) in [6.07, 6.45) is 1.65. The molecule has 0 spiro atoms. The predicted molar refractivity (Wildman–Crippen MR) is 89.2 cm³/mol. The number of para-hydroxylation sites is 1. The van der Waals surface area contributed by atoms with E-state index < -0.39 is 6.43 Å². The van der Waals surface area contributed by atoms with Crippen molar-refractivity contribution in [3.63, 3.8) is 0 Å². The summed E-state index contributed by atoms with van der Waals surface area (Å²) in [5, 5.41) is 4.22. The summed E-state index contributed by atoms with van der Waals surface area (Å²) >= 11 is 0. The van der Waals surface area contributed by atoms with Crippen molar-refractivity contribution < 1.29 is 8.78 Å². The molecule has 0 saturated heterocycles. The Morgan fingerprint density at radius 3 is 2.36 bits per heavy atom. The standard InChI is InChI=1S/C18H25F2N2/c1-13(12-18(2,3)4)14-8-6-7-9-16(14)22(5)11-10-15(21-22)17(19)20/h6-11,13,17H,12H2,1-5H3/q+1. The Balaban J connectivity index is 2.40. The van der Waals surface area contributed by atoms with E-state index in [-0.39, 0.29) is 15.7 Å². The number of nitrogens with zero attached hydrogens (tertiary/aromatic N) is 2. The molecule has 1 heterocycles. The first-order valence-electron chi connectivity index (χ1n) is 7.65. The lowest BCUT2D eigenvalue weighted by Gasteiger charge is -2.28. The zero-order chi connectivity index (χ0) is 16.5. The second-order valence-electron chi connectivity index (χ2n) is 7.39. The van der Waals surface area contributed by atoms with E-state index >= 15 is 0 Å². The van der Waals surface area contributed by atoms with Gasteiger partial charge in [-0.2, -0.15) is 0 Å². The molecule has 0 fully saturated rings. The van der Waals surface area contributed by atoms with Crippen LogP contribution in [0, 0.1) is 5.41 Å². The van der Waals surface area contributed by atoms with E-state index in [2.05, 4.69) is 38.9 Å². The van der Waals surface area contributed by atoms with E-state index in [1.165, 1.54) is 11.6 Å². The first kappa shape index (κ1) is 16.8. The van der Waals surface area contributed by atoms with Gasteiger partial charge in [0.25, 0.3) is 6.43 Å². The van der Waals surface area contributed by atoms with Gasteiger partial charge in [-0.05, 0) is 17.8 Å². The number of halogens is 2. The summed E-state index contributed by atoms with van der Waals surface area (Å²) in [6.45, 7) is 8.83. The predicted octanol–water partition coefficient (Wildman–Crippen LogP) is 5.31. The molecule has 1 aliphatic heterocycles. The van der Waals surface area contributed by atoms with Gasteiger partial charge in [-0.3, -0.25) is 0 Å². The van der Waals surface area contributed by atoms with Crippen LogP contribution in [0.3, 0.4) is 0 Å². The van der Waals surface area contributed by atoms with Gasteiger partial charge in [0, 0.05) is 17.7 Å². The molecule has 0 bridgehead atoms. The van der Waals surface area contributed by atoms with Crippen LogP contribution < -0.4 is 4.59 Å². The summed E-state index contributed by atoms with van der Waals surface area (Å²) in [4.78, 5) is 0. The highest BCUT2D eigenvalue weighted by atomic mass is 19.3. The molecule has 1 aliphatic rings. The van der Waals surface area contributed by atoms with Gasteiger partial charge in [0.15, 0.2) is 11.4 Å². The Morgan fingerprint density at radius 2 is 1.82 bits per heavy atom. The molecule has 0 aliphatic carbocycles. The number of hydrogen-bond donors (Lipinski definition) is 0. The van der Waals surface area contributed by atoms with Gasteiger partial charge < -0.3 is 0 Å². The first-order valence-corrected chi connectivity index (χ1v) is 7.65. The Morgan fingerprint density at radius 1 is 1.18 bits per heavy atom. The van der Waals surface area contributed by atoms with Crippen LogP contribution in [0.1, 0.15) is 45.6 Å². The quantitative estimate of drug-likeness (QED) is 0.668. The summed E-state index contributed by atoms with van der Waals surface area (Å²) in [5.41, 5.74) is 2.19. The molecule has 2 atom stereocenters. The lowest BCUT2D eigenvalue weighted by molar-refractivity contribution is 0.225. The molecular formula is C18H25F2N2+. The van der Waals surface area contributed by atoms with E-state index in [1.54, 1.807) is 6.20 Å². The van der Waals surface area contributed by atoms with Crippen molar-refractivity contribution in [2.45, 2.75) is 46.5 Å². The highest BCUT2D eigenvalue weighted by Crippen LogP contribution is 2.39. The third-order valence-corrected chi connectivity index (χ3v) is 3.96. The van der Waals surface area contributed by atoms with Crippen molar-refractivity contribution in [2.24, 2.45) is 10.5 Å². The average Bonchev–Trinajstić information content (AvgIpc) is 2.81. The molecule has 4 heteroatoms. The third-order valence-electron chi connectivity index (χ3n) is 3.96. The smallest absolute Gasteiger partial charge is 0.203 e. The maximum atomic E-state index is 12.9. The number of hydrogen-bond acceptors (Lipinski definition) is 1. The Kier molecular flexibility index (Phi) is 4.52. The molecule has 2 nitrogen and oxygen atoms in total. The molecule has 22 heavy (non-hydrogen) atoms. The summed E-state index contributed by atoms with van der Waals surface area (Å²) < 4.78 is 25.8. The van der Waals surface area contributed by atoms with Crippen molar-refractivity contribution in [1.29, 1.82) is 0 Å². The van der Waals surface area contributed by atoms with Gasteiger partial charge in [-0.15, -0.1) is 4.59 Å². The maximum absolute atomic E-state index is 12.9. The minimum Gasteiger partial charge on any atom is -0.203 e. The minimum atomic E-state index is -2.53. The van der Waals surface area contributed by atoms with E-state index in [0.717, 1.165) is 12.1 Å². The summed E-state index contributed by atoms with van der Waals surface area (Å²) in [7, 11) is 1.84. The normalized spacial score (nSPS) is 23.0. The molecule has 0 saturated carbocycles. The zero-order valence-electron chi connectivity index (χ0n) is 14.0. The van der Waals surface area contributed by atoms with Gasteiger partial charge in [0.05, 0.1) is 0 Å². The summed E-state index contributed by atoms with van der Waals surface area (Å²) in [5.74, 6) is 0.338. The highest BCUT2D eigenvalue weighted by Gasteiger charge is 2.34. The van der Waals surface area contributed by atoms with Crippen molar-refractivity contribution in [2.75, 3.05) is 7.05 Å². The van der Waals surface area contributed by atoms with Gasteiger partial charge >= 0.3 is 0 Å². The fourth-order valence-electron chi connectivity index (χ4n) is 3.12. The van der Waals surface area contributed by atoms with Gasteiger partial charge in [-0.1, -0.05) is 51.0 Å².